The largest absolute Gasteiger partial charge is 0.459 e. The van der Waals surface area contributed by atoms with Gasteiger partial charge in [0.25, 0.3) is 15.6 Å². The van der Waals surface area contributed by atoms with Gasteiger partial charge in [-0.1, -0.05) is 12.1 Å². The van der Waals surface area contributed by atoms with Gasteiger partial charge >= 0.3 is 12.2 Å². The van der Waals surface area contributed by atoms with Crippen molar-refractivity contribution in [2.24, 2.45) is 0 Å². The van der Waals surface area contributed by atoms with E-state index in [0.29, 0.717) is 12.2 Å². The number of hydrazine groups is 2. The average Bonchev–Trinajstić information content (AvgIpc) is 3.24. The van der Waals surface area contributed by atoms with E-state index in [1.807, 2.05) is 0 Å². The molecule has 0 bridgehead atoms. The van der Waals surface area contributed by atoms with Crippen molar-refractivity contribution in [2.45, 2.75) is 36.2 Å². The Bertz CT molecular complexity index is 1210. The number of fused-ring (bicyclic) bond motifs is 1. The molecule has 2 aromatic rings. The van der Waals surface area contributed by atoms with Crippen LogP contribution in [0, 0.1) is 4.91 Å². The van der Waals surface area contributed by atoms with Crippen LogP contribution in [0.4, 0.5) is 24.5 Å². The SMILES string of the molecule is CN1NCc2cccc(S(=O)(=O)Nc3ccn(C4CC(C(F)(F)F)[N+](=O)N4)c(=O)c3)c21. The van der Waals surface area contributed by atoms with Gasteiger partial charge in [0.15, 0.2) is 6.17 Å². The van der Waals surface area contributed by atoms with Gasteiger partial charge in [-0.2, -0.15) is 13.2 Å². The minimum absolute atomic E-state index is 0.00848. The molecule has 166 valence electrons. The second-order valence-electron chi connectivity index (χ2n) is 7.19. The second kappa shape index (κ2) is 7.23. The highest BCUT2D eigenvalue weighted by molar-refractivity contribution is 7.92. The average molecular weight is 459 g/mol. The van der Waals surface area contributed by atoms with Crippen LogP contribution >= 0.6 is 0 Å². The molecule has 1 fully saturated rings. The fraction of sp³-hybridized carbons (Fsp3) is 0.353. The fourth-order valence-electron chi connectivity index (χ4n) is 3.65. The molecule has 0 saturated carbocycles. The molecule has 14 heteroatoms. The topological polar surface area (TPSA) is 116 Å². The van der Waals surface area contributed by atoms with E-state index in [-0.39, 0.29) is 15.5 Å². The normalized spacial score (nSPS) is 21.2. The van der Waals surface area contributed by atoms with Gasteiger partial charge in [0.2, 0.25) is 0 Å². The maximum Gasteiger partial charge on any atom is 0.459 e. The number of halogens is 3. The number of hydrogen-bond acceptors (Lipinski definition) is 6. The van der Waals surface area contributed by atoms with Crippen LogP contribution in [0.15, 0.2) is 46.2 Å². The summed E-state index contributed by atoms with van der Waals surface area (Å²) in [6.45, 7) is 0.468. The van der Waals surface area contributed by atoms with Crippen molar-refractivity contribution in [3.05, 3.63) is 57.4 Å². The van der Waals surface area contributed by atoms with Crippen LogP contribution < -0.4 is 26.1 Å². The molecular formula is C17H18F3N6O4S+. The molecule has 31 heavy (non-hydrogen) atoms. The Labute approximate surface area is 174 Å². The van der Waals surface area contributed by atoms with Crippen LogP contribution in [0.25, 0.3) is 0 Å². The summed E-state index contributed by atoms with van der Waals surface area (Å²) < 4.78 is 67.7. The van der Waals surface area contributed by atoms with E-state index in [4.69, 9.17) is 0 Å². The molecule has 10 nitrogen and oxygen atoms in total. The highest BCUT2D eigenvalue weighted by Crippen LogP contribution is 2.33. The number of hydrogen-bond donors (Lipinski definition) is 3. The monoisotopic (exact) mass is 459 g/mol. The lowest BCUT2D eigenvalue weighted by Gasteiger charge is -2.17. The van der Waals surface area contributed by atoms with Crippen molar-refractivity contribution < 1.29 is 26.5 Å². The molecule has 3 heterocycles. The Morgan fingerprint density at radius 3 is 2.65 bits per heavy atom. The number of nitrogens with one attached hydrogen (secondary N) is 3. The van der Waals surface area contributed by atoms with E-state index >= 15 is 0 Å². The zero-order valence-electron chi connectivity index (χ0n) is 16.0. The molecule has 3 N–H and O–H groups in total. The minimum Gasteiger partial charge on any atom is -0.309 e. The highest BCUT2D eigenvalue weighted by atomic mass is 32.2. The maximum atomic E-state index is 12.9. The Morgan fingerprint density at radius 2 is 2.00 bits per heavy atom. The number of rotatable bonds is 4. The Morgan fingerprint density at radius 1 is 1.26 bits per heavy atom. The molecule has 1 saturated heterocycles. The van der Waals surface area contributed by atoms with Gasteiger partial charge < -0.3 is 5.01 Å². The lowest BCUT2D eigenvalue weighted by atomic mass is 10.2. The van der Waals surface area contributed by atoms with Gasteiger partial charge in [-0.15, -0.1) is 5.43 Å². The van der Waals surface area contributed by atoms with Crippen molar-refractivity contribution >= 4 is 21.4 Å². The van der Waals surface area contributed by atoms with Gasteiger partial charge in [-0.3, -0.25) is 14.1 Å². The second-order valence-corrected chi connectivity index (χ2v) is 8.84. The number of nitroso groups, excluding NO2 is 1. The lowest BCUT2D eigenvalue weighted by Crippen LogP contribution is -2.37. The Kier molecular flexibility index (Phi) is 4.93. The standard InChI is InChI=1S/C17H17F3N6O4S/c1-24-16-10(9-21-24)3-2-4-12(16)31(29,30)23-11-5-6-25(15(27)7-11)14-8-13(17(18,19)20)26(28)22-14/h2-7,13-14,21H,8-9H2,1H3,(H-,22,23,27,28)/p+1. The van der Waals surface area contributed by atoms with Crippen LogP contribution in [0.3, 0.4) is 0 Å². The maximum absolute atomic E-state index is 12.9. The highest BCUT2D eigenvalue weighted by Gasteiger charge is 2.58. The Balaban J connectivity index is 1.58. The molecule has 4 rings (SSSR count). The molecule has 0 amide bonds. The van der Waals surface area contributed by atoms with E-state index in [9.17, 15) is 31.3 Å². The first-order chi connectivity index (χ1) is 14.5. The summed E-state index contributed by atoms with van der Waals surface area (Å²) in [5.74, 6) is 0. The van der Waals surface area contributed by atoms with Gasteiger partial charge in [0.05, 0.1) is 22.7 Å². The third-order valence-electron chi connectivity index (χ3n) is 5.13. The van der Waals surface area contributed by atoms with Crippen LogP contribution in [0.1, 0.15) is 18.2 Å². The van der Waals surface area contributed by atoms with Crippen LogP contribution in [0.2, 0.25) is 0 Å². The van der Waals surface area contributed by atoms with Crippen LogP contribution in [-0.4, -0.2) is 37.1 Å². The summed E-state index contributed by atoms with van der Waals surface area (Å²) in [4.78, 5) is 23.6. The van der Waals surface area contributed by atoms with Crippen LogP contribution in [-0.2, 0) is 16.6 Å². The lowest BCUT2D eigenvalue weighted by molar-refractivity contribution is -0.648. The zero-order chi connectivity index (χ0) is 22.6. The number of para-hydroxylation sites is 1. The molecule has 2 atom stereocenters. The van der Waals surface area contributed by atoms with E-state index < -0.39 is 40.4 Å². The number of aromatic nitrogens is 1. The number of anilines is 2. The first-order valence-electron chi connectivity index (χ1n) is 9.11. The minimum atomic E-state index is -4.75. The number of alkyl halides is 3. The fourth-order valence-corrected chi connectivity index (χ4v) is 4.98. The van der Waals surface area contributed by atoms with E-state index in [2.05, 4.69) is 15.6 Å². The molecule has 2 aliphatic heterocycles. The number of benzene rings is 1. The first kappa shape index (κ1) is 21.1. The number of nitrogens with zero attached hydrogens (tertiary/aromatic N) is 3. The summed E-state index contributed by atoms with van der Waals surface area (Å²) in [6.07, 6.45) is -5.49. The van der Waals surface area contributed by atoms with Gasteiger partial charge in [-0.25, -0.2) is 13.8 Å². The molecule has 0 radical (unpaired) electrons. The summed E-state index contributed by atoms with van der Waals surface area (Å²) >= 11 is 0. The summed E-state index contributed by atoms with van der Waals surface area (Å²) in [5, 5.41) is 1.58. The van der Waals surface area contributed by atoms with E-state index in [1.165, 1.54) is 12.1 Å². The third kappa shape index (κ3) is 3.83. The van der Waals surface area contributed by atoms with Crippen molar-refractivity contribution in [1.82, 2.24) is 15.4 Å². The molecule has 2 aliphatic rings. The quantitative estimate of drug-likeness (QED) is 0.589. The third-order valence-corrected chi connectivity index (χ3v) is 6.55. The van der Waals surface area contributed by atoms with Crippen molar-refractivity contribution in [3.63, 3.8) is 0 Å². The van der Waals surface area contributed by atoms with E-state index in [1.54, 1.807) is 24.2 Å². The predicted molar refractivity (Wildman–Crippen MR) is 103 cm³/mol. The van der Waals surface area contributed by atoms with Crippen molar-refractivity contribution in [2.75, 3.05) is 16.8 Å². The molecule has 0 aliphatic carbocycles. The summed E-state index contributed by atoms with van der Waals surface area (Å²) in [5.41, 5.74) is 5.50. The summed E-state index contributed by atoms with van der Waals surface area (Å²) in [6, 6.07) is 4.71. The zero-order valence-corrected chi connectivity index (χ0v) is 16.9. The number of sulfonamides is 1. The molecule has 0 spiro atoms. The smallest absolute Gasteiger partial charge is 0.309 e. The van der Waals surface area contributed by atoms with Crippen molar-refractivity contribution in [1.29, 1.82) is 0 Å². The number of pyridine rings is 1. The predicted octanol–water partition coefficient (Wildman–Crippen LogP) is 1.22. The molecular weight excluding hydrogens is 441 g/mol. The first-order valence-corrected chi connectivity index (χ1v) is 10.6. The van der Waals surface area contributed by atoms with Gasteiger partial charge in [0.1, 0.15) is 9.76 Å². The summed E-state index contributed by atoms with van der Waals surface area (Å²) in [7, 11) is -2.38. The van der Waals surface area contributed by atoms with Gasteiger partial charge in [-0.05, 0) is 17.7 Å². The Hall–Kier alpha value is -3.13. The van der Waals surface area contributed by atoms with E-state index in [0.717, 1.165) is 22.4 Å². The van der Waals surface area contributed by atoms with Gasteiger partial charge in [0, 0.05) is 25.9 Å². The molecule has 1 aromatic heterocycles. The van der Waals surface area contributed by atoms with Crippen LogP contribution in [0.5, 0.6) is 0 Å². The molecule has 1 aromatic carbocycles. The van der Waals surface area contributed by atoms with Crippen molar-refractivity contribution in [3.8, 4) is 0 Å². The molecule has 2 unspecified atom stereocenters.